The first kappa shape index (κ1) is 13.8. The monoisotopic (exact) mass is 255 g/mol. The Kier molecular flexibility index (Phi) is 3.72. The second-order valence-corrected chi connectivity index (χ2v) is 5.98. The van der Waals surface area contributed by atoms with Gasteiger partial charge in [0, 0.05) is 6.20 Å². The highest BCUT2D eigenvalue weighted by molar-refractivity contribution is 5.34. The van der Waals surface area contributed by atoms with Gasteiger partial charge in [-0.05, 0) is 35.1 Å². The van der Waals surface area contributed by atoms with E-state index in [4.69, 9.17) is 0 Å². The molecule has 0 spiro atoms. The van der Waals surface area contributed by atoms with Crippen LogP contribution in [0.3, 0.4) is 0 Å². The van der Waals surface area contributed by atoms with Crippen LogP contribution in [0.4, 0.5) is 0 Å². The van der Waals surface area contributed by atoms with Crippen LogP contribution < -0.4 is 0 Å². The van der Waals surface area contributed by atoms with E-state index in [2.05, 4.69) is 37.9 Å². The van der Waals surface area contributed by atoms with Crippen LogP contribution in [0, 0.1) is 6.92 Å². The molecule has 2 nitrogen and oxygen atoms in total. The van der Waals surface area contributed by atoms with E-state index < -0.39 is 6.10 Å². The number of aliphatic hydroxyl groups is 1. The molecule has 1 N–H and O–H groups in total. The Morgan fingerprint density at radius 2 is 1.68 bits per heavy atom. The number of hydrogen-bond donors (Lipinski definition) is 1. The zero-order valence-corrected chi connectivity index (χ0v) is 12.0. The zero-order valence-electron chi connectivity index (χ0n) is 12.0. The quantitative estimate of drug-likeness (QED) is 0.886. The van der Waals surface area contributed by atoms with E-state index in [1.54, 1.807) is 6.20 Å². The summed E-state index contributed by atoms with van der Waals surface area (Å²) >= 11 is 0. The van der Waals surface area contributed by atoms with Gasteiger partial charge in [0.1, 0.15) is 6.10 Å². The number of aromatic nitrogens is 1. The second kappa shape index (κ2) is 5.14. The van der Waals surface area contributed by atoms with Crippen molar-refractivity contribution in [1.29, 1.82) is 0 Å². The lowest BCUT2D eigenvalue weighted by molar-refractivity contribution is 0.214. The first-order valence-electron chi connectivity index (χ1n) is 6.59. The minimum Gasteiger partial charge on any atom is -0.382 e. The van der Waals surface area contributed by atoms with Crippen molar-refractivity contribution in [2.45, 2.75) is 39.2 Å². The summed E-state index contributed by atoms with van der Waals surface area (Å²) in [5.74, 6) is 0. The van der Waals surface area contributed by atoms with E-state index in [0.29, 0.717) is 0 Å². The topological polar surface area (TPSA) is 33.1 Å². The molecule has 0 saturated carbocycles. The van der Waals surface area contributed by atoms with Crippen molar-refractivity contribution in [2.24, 2.45) is 0 Å². The van der Waals surface area contributed by atoms with Gasteiger partial charge in [0.15, 0.2) is 0 Å². The predicted octanol–water partition coefficient (Wildman–Crippen LogP) is 3.77. The zero-order chi connectivity index (χ0) is 14.0. The molecule has 0 amide bonds. The van der Waals surface area contributed by atoms with Crippen LogP contribution in [0.1, 0.15) is 49.3 Å². The Morgan fingerprint density at radius 1 is 1.05 bits per heavy atom. The number of nitrogens with zero attached hydrogens (tertiary/aromatic N) is 1. The average Bonchev–Trinajstić information content (AvgIpc) is 2.38. The Bertz CT molecular complexity index is 552. The standard InChI is InChI=1S/C17H21NO/c1-12-6-5-11-18-15(12)16(19)13-7-9-14(10-8-13)17(2,3)4/h5-11,16,19H,1-4H3. The van der Waals surface area contributed by atoms with E-state index in [1.165, 1.54) is 5.56 Å². The van der Waals surface area contributed by atoms with E-state index in [0.717, 1.165) is 16.8 Å². The minimum absolute atomic E-state index is 0.129. The van der Waals surface area contributed by atoms with Crippen LogP contribution in [0.2, 0.25) is 0 Å². The van der Waals surface area contributed by atoms with Crippen LogP contribution in [0.5, 0.6) is 0 Å². The molecule has 0 aliphatic carbocycles. The molecule has 1 heterocycles. The van der Waals surface area contributed by atoms with Crippen LogP contribution in [0.15, 0.2) is 42.6 Å². The van der Waals surface area contributed by atoms with Crippen molar-refractivity contribution in [3.05, 3.63) is 65.0 Å². The highest BCUT2D eigenvalue weighted by atomic mass is 16.3. The molecule has 2 aromatic rings. The fourth-order valence-corrected chi connectivity index (χ4v) is 2.11. The fourth-order valence-electron chi connectivity index (χ4n) is 2.11. The van der Waals surface area contributed by atoms with Crippen LogP contribution in [-0.4, -0.2) is 10.1 Å². The third-order valence-corrected chi connectivity index (χ3v) is 3.40. The van der Waals surface area contributed by atoms with Gasteiger partial charge in [-0.2, -0.15) is 0 Å². The van der Waals surface area contributed by atoms with Gasteiger partial charge in [-0.3, -0.25) is 4.98 Å². The molecule has 19 heavy (non-hydrogen) atoms. The molecule has 2 rings (SSSR count). The average molecular weight is 255 g/mol. The van der Waals surface area contributed by atoms with Crippen molar-refractivity contribution >= 4 is 0 Å². The highest BCUT2D eigenvalue weighted by Crippen LogP contribution is 2.26. The lowest BCUT2D eigenvalue weighted by atomic mass is 9.86. The Morgan fingerprint density at radius 3 is 2.21 bits per heavy atom. The first-order valence-corrected chi connectivity index (χ1v) is 6.59. The molecule has 1 unspecified atom stereocenters. The highest BCUT2D eigenvalue weighted by Gasteiger charge is 2.17. The summed E-state index contributed by atoms with van der Waals surface area (Å²) in [6.07, 6.45) is 1.06. The molecule has 100 valence electrons. The van der Waals surface area contributed by atoms with E-state index >= 15 is 0 Å². The number of pyridine rings is 1. The van der Waals surface area contributed by atoms with Gasteiger partial charge in [0.2, 0.25) is 0 Å². The minimum atomic E-state index is -0.657. The number of benzene rings is 1. The fraction of sp³-hybridized carbons (Fsp3) is 0.353. The molecule has 1 aromatic carbocycles. The van der Waals surface area contributed by atoms with Gasteiger partial charge in [-0.15, -0.1) is 0 Å². The maximum atomic E-state index is 10.4. The Balaban J connectivity index is 2.31. The summed E-state index contributed by atoms with van der Waals surface area (Å²) in [6.45, 7) is 8.51. The lowest BCUT2D eigenvalue weighted by Crippen LogP contribution is -2.11. The first-order chi connectivity index (χ1) is 8.89. The molecule has 0 aliphatic rings. The van der Waals surface area contributed by atoms with Crippen LogP contribution >= 0.6 is 0 Å². The smallest absolute Gasteiger partial charge is 0.121 e. The van der Waals surface area contributed by atoms with Gasteiger partial charge < -0.3 is 5.11 Å². The third kappa shape index (κ3) is 3.02. The van der Waals surface area contributed by atoms with Crippen molar-refractivity contribution in [3.8, 4) is 0 Å². The molecule has 0 bridgehead atoms. The van der Waals surface area contributed by atoms with Gasteiger partial charge in [0.25, 0.3) is 0 Å². The predicted molar refractivity (Wildman–Crippen MR) is 78.2 cm³/mol. The molecule has 2 heteroatoms. The molecule has 0 fully saturated rings. The van der Waals surface area contributed by atoms with Gasteiger partial charge in [-0.1, -0.05) is 51.1 Å². The molecule has 0 radical (unpaired) electrons. The Hall–Kier alpha value is -1.67. The lowest BCUT2D eigenvalue weighted by Gasteiger charge is -2.20. The van der Waals surface area contributed by atoms with Gasteiger partial charge in [-0.25, -0.2) is 0 Å². The summed E-state index contributed by atoms with van der Waals surface area (Å²) in [4.78, 5) is 4.28. The largest absolute Gasteiger partial charge is 0.382 e. The number of aliphatic hydroxyl groups excluding tert-OH is 1. The van der Waals surface area contributed by atoms with E-state index in [1.807, 2.05) is 31.2 Å². The second-order valence-electron chi connectivity index (χ2n) is 5.98. The SMILES string of the molecule is Cc1cccnc1C(O)c1ccc(C(C)(C)C)cc1. The summed E-state index contributed by atoms with van der Waals surface area (Å²) in [7, 11) is 0. The molecular weight excluding hydrogens is 234 g/mol. The molecule has 0 aliphatic heterocycles. The van der Waals surface area contributed by atoms with Crippen molar-refractivity contribution in [3.63, 3.8) is 0 Å². The number of hydrogen-bond acceptors (Lipinski definition) is 2. The van der Waals surface area contributed by atoms with Crippen LogP contribution in [0.25, 0.3) is 0 Å². The Labute approximate surface area is 115 Å². The third-order valence-electron chi connectivity index (χ3n) is 3.40. The number of rotatable bonds is 2. The maximum absolute atomic E-state index is 10.4. The van der Waals surface area contributed by atoms with E-state index in [9.17, 15) is 5.11 Å². The summed E-state index contributed by atoms with van der Waals surface area (Å²) in [5, 5.41) is 10.4. The van der Waals surface area contributed by atoms with E-state index in [-0.39, 0.29) is 5.41 Å². The van der Waals surface area contributed by atoms with Crippen LogP contribution in [-0.2, 0) is 5.41 Å². The van der Waals surface area contributed by atoms with Gasteiger partial charge in [0.05, 0.1) is 5.69 Å². The molecular formula is C17H21NO. The van der Waals surface area contributed by atoms with Crippen molar-refractivity contribution < 1.29 is 5.11 Å². The maximum Gasteiger partial charge on any atom is 0.121 e. The summed E-state index contributed by atoms with van der Waals surface area (Å²) in [5.41, 5.74) is 4.02. The van der Waals surface area contributed by atoms with Gasteiger partial charge >= 0.3 is 0 Å². The normalized spacial score (nSPS) is 13.3. The molecule has 0 saturated heterocycles. The number of aryl methyl sites for hydroxylation is 1. The van der Waals surface area contributed by atoms with Crippen molar-refractivity contribution in [1.82, 2.24) is 4.98 Å². The molecule has 1 atom stereocenters. The molecule has 1 aromatic heterocycles. The summed E-state index contributed by atoms with van der Waals surface area (Å²) < 4.78 is 0. The summed E-state index contributed by atoms with van der Waals surface area (Å²) in [6, 6.07) is 12.0. The van der Waals surface area contributed by atoms with Crippen molar-refractivity contribution in [2.75, 3.05) is 0 Å².